The van der Waals surface area contributed by atoms with Crippen molar-refractivity contribution in [1.82, 2.24) is 15.5 Å². The van der Waals surface area contributed by atoms with Gasteiger partial charge in [-0.1, -0.05) is 0 Å². The van der Waals surface area contributed by atoms with Crippen molar-refractivity contribution in [1.29, 1.82) is 0 Å². The molecule has 7 nitrogen and oxygen atoms in total. The summed E-state index contributed by atoms with van der Waals surface area (Å²) in [5.74, 6) is 0.296. The summed E-state index contributed by atoms with van der Waals surface area (Å²) in [6.07, 6.45) is 1.66. The van der Waals surface area contributed by atoms with Crippen molar-refractivity contribution in [2.45, 2.75) is 13.1 Å². The van der Waals surface area contributed by atoms with Gasteiger partial charge in [0.05, 0.1) is 12.6 Å². The Balaban J connectivity index is 1.83. The molecule has 0 atom stereocenters. The number of aromatic amines is 1. The maximum Gasteiger partial charge on any atom is 0.433 e. The first kappa shape index (κ1) is 10.4. The summed E-state index contributed by atoms with van der Waals surface area (Å²) in [5.41, 5.74) is 0.945. The van der Waals surface area contributed by atoms with Crippen LogP contribution >= 0.6 is 0 Å². The normalized spacial score (nSPS) is 10.5. The van der Waals surface area contributed by atoms with E-state index in [1.165, 1.54) is 6.07 Å². The van der Waals surface area contributed by atoms with Gasteiger partial charge in [0.25, 0.3) is 0 Å². The molecule has 0 saturated carbocycles. The number of rotatable bonds is 5. The van der Waals surface area contributed by atoms with Crippen LogP contribution in [0, 0.1) is 10.1 Å². The molecular formula is C9H10N4O3. The van der Waals surface area contributed by atoms with E-state index < -0.39 is 4.92 Å². The van der Waals surface area contributed by atoms with E-state index in [0.29, 0.717) is 18.8 Å². The van der Waals surface area contributed by atoms with E-state index in [1.807, 2.05) is 6.07 Å². The topological polar surface area (TPSA) is 97.0 Å². The Bertz CT molecular complexity index is 463. The second-order valence-corrected chi connectivity index (χ2v) is 3.18. The number of nitro groups is 1. The highest BCUT2D eigenvalue weighted by Crippen LogP contribution is 2.15. The standard InChI is InChI=1S/C9H10N4O3/c14-13(15)9-2-1-8(16-9)6-10-5-7-3-4-11-12-7/h1-4,10H,5-6H2,(H,11,12). The van der Waals surface area contributed by atoms with Gasteiger partial charge in [0.1, 0.15) is 10.7 Å². The average Bonchev–Trinajstić information content (AvgIpc) is 2.87. The van der Waals surface area contributed by atoms with Crippen molar-refractivity contribution in [2.24, 2.45) is 0 Å². The zero-order valence-electron chi connectivity index (χ0n) is 8.34. The van der Waals surface area contributed by atoms with Crippen molar-refractivity contribution < 1.29 is 9.34 Å². The Morgan fingerprint density at radius 1 is 1.44 bits per heavy atom. The fourth-order valence-corrected chi connectivity index (χ4v) is 1.26. The molecule has 2 aromatic rings. The van der Waals surface area contributed by atoms with E-state index in [-0.39, 0.29) is 5.88 Å². The molecule has 0 aromatic carbocycles. The third-order valence-electron chi connectivity index (χ3n) is 2.00. The summed E-state index contributed by atoms with van der Waals surface area (Å²) in [7, 11) is 0. The Morgan fingerprint density at radius 3 is 2.94 bits per heavy atom. The molecule has 2 aromatic heterocycles. The monoisotopic (exact) mass is 222 g/mol. The van der Waals surface area contributed by atoms with E-state index in [1.54, 1.807) is 12.3 Å². The SMILES string of the molecule is O=[N+]([O-])c1ccc(CNCc2ccn[nH]2)o1. The van der Waals surface area contributed by atoms with Crippen LogP contribution in [0.2, 0.25) is 0 Å². The Hall–Kier alpha value is -2.15. The highest BCUT2D eigenvalue weighted by atomic mass is 16.6. The molecule has 0 spiro atoms. The van der Waals surface area contributed by atoms with E-state index in [9.17, 15) is 10.1 Å². The van der Waals surface area contributed by atoms with Gasteiger partial charge in [-0.15, -0.1) is 0 Å². The van der Waals surface area contributed by atoms with Crippen LogP contribution in [0.1, 0.15) is 11.5 Å². The van der Waals surface area contributed by atoms with Crippen LogP contribution in [-0.4, -0.2) is 15.1 Å². The number of H-pyrrole nitrogens is 1. The summed E-state index contributed by atoms with van der Waals surface area (Å²) >= 11 is 0. The summed E-state index contributed by atoms with van der Waals surface area (Å²) in [6.45, 7) is 1.04. The molecule has 2 heterocycles. The molecule has 0 bridgehead atoms. The molecule has 0 radical (unpaired) electrons. The summed E-state index contributed by atoms with van der Waals surface area (Å²) in [5, 5.41) is 20.0. The van der Waals surface area contributed by atoms with Crippen LogP contribution in [-0.2, 0) is 13.1 Å². The van der Waals surface area contributed by atoms with Crippen LogP contribution in [0.15, 0.2) is 28.8 Å². The average molecular weight is 222 g/mol. The highest BCUT2D eigenvalue weighted by Gasteiger charge is 2.11. The first-order valence-corrected chi connectivity index (χ1v) is 4.68. The lowest BCUT2D eigenvalue weighted by molar-refractivity contribution is -0.402. The molecule has 0 aliphatic carbocycles. The van der Waals surface area contributed by atoms with Gasteiger partial charge in [-0.3, -0.25) is 15.2 Å². The molecule has 0 unspecified atom stereocenters. The Morgan fingerprint density at radius 2 is 2.31 bits per heavy atom. The number of nitrogens with zero attached hydrogens (tertiary/aromatic N) is 2. The minimum Gasteiger partial charge on any atom is -0.404 e. The van der Waals surface area contributed by atoms with Gasteiger partial charge < -0.3 is 9.73 Å². The van der Waals surface area contributed by atoms with Gasteiger partial charge >= 0.3 is 5.88 Å². The maximum absolute atomic E-state index is 10.4. The Kier molecular flexibility index (Phi) is 2.97. The molecule has 0 amide bonds. The fourth-order valence-electron chi connectivity index (χ4n) is 1.26. The van der Waals surface area contributed by atoms with Crippen molar-refractivity contribution >= 4 is 5.88 Å². The maximum atomic E-state index is 10.4. The van der Waals surface area contributed by atoms with Crippen molar-refractivity contribution in [3.05, 3.63) is 46.0 Å². The van der Waals surface area contributed by atoms with Gasteiger partial charge in [-0.25, -0.2) is 0 Å². The number of nitrogens with one attached hydrogen (secondary N) is 2. The van der Waals surface area contributed by atoms with E-state index in [2.05, 4.69) is 15.5 Å². The molecule has 2 rings (SSSR count). The fraction of sp³-hybridized carbons (Fsp3) is 0.222. The molecule has 2 N–H and O–H groups in total. The van der Waals surface area contributed by atoms with Crippen molar-refractivity contribution in [3.63, 3.8) is 0 Å². The predicted octanol–water partition coefficient (Wildman–Crippen LogP) is 1.20. The van der Waals surface area contributed by atoms with E-state index >= 15 is 0 Å². The van der Waals surface area contributed by atoms with Crippen LogP contribution in [0.5, 0.6) is 0 Å². The van der Waals surface area contributed by atoms with Crippen LogP contribution in [0.4, 0.5) is 5.88 Å². The van der Waals surface area contributed by atoms with Gasteiger partial charge in [0.15, 0.2) is 0 Å². The first-order valence-electron chi connectivity index (χ1n) is 4.68. The van der Waals surface area contributed by atoms with Gasteiger partial charge in [-0.05, 0) is 12.1 Å². The predicted molar refractivity (Wildman–Crippen MR) is 54.5 cm³/mol. The largest absolute Gasteiger partial charge is 0.433 e. The first-order chi connectivity index (χ1) is 7.75. The lowest BCUT2D eigenvalue weighted by Crippen LogP contribution is -2.12. The number of aromatic nitrogens is 2. The molecule has 0 fully saturated rings. The second-order valence-electron chi connectivity index (χ2n) is 3.18. The molecule has 0 aliphatic heterocycles. The lowest BCUT2D eigenvalue weighted by atomic mass is 10.4. The van der Waals surface area contributed by atoms with Crippen LogP contribution in [0.3, 0.4) is 0 Å². The zero-order chi connectivity index (χ0) is 11.4. The van der Waals surface area contributed by atoms with Gasteiger partial charge in [-0.2, -0.15) is 5.10 Å². The Labute approximate surface area is 90.6 Å². The van der Waals surface area contributed by atoms with Crippen LogP contribution in [0.25, 0.3) is 0 Å². The summed E-state index contributed by atoms with van der Waals surface area (Å²) in [4.78, 5) is 9.80. The molecule has 84 valence electrons. The summed E-state index contributed by atoms with van der Waals surface area (Å²) < 4.78 is 4.98. The molecule has 16 heavy (non-hydrogen) atoms. The van der Waals surface area contributed by atoms with Crippen molar-refractivity contribution in [3.8, 4) is 0 Å². The zero-order valence-corrected chi connectivity index (χ0v) is 8.34. The minimum absolute atomic E-state index is 0.238. The van der Waals surface area contributed by atoms with E-state index in [4.69, 9.17) is 4.42 Å². The number of furan rings is 1. The number of hydrogen-bond donors (Lipinski definition) is 2. The summed E-state index contributed by atoms with van der Waals surface area (Å²) in [6, 6.07) is 4.77. The van der Waals surface area contributed by atoms with E-state index in [0.717, 1.165) is 5.69 Å². The molecule has 7 heteroatoms. The molecule has 0 aliphatic rings. The lowest BCUT2D eigenvalue weighted by Gasteiger charge is -1.98. The third-order valence-corrected chi connectivity index (χ3v) is 2.00. The number of hydrogen-bond acceptors (Lipinski definition) is 5. The molecular weight excluding hydrogens is 212 g/mol. The third kappa shape index (κ3) is 2.45. The van der Waals surface area contributed by atoms with Crippen LogP contribution < -0.4 is 5.32 Å². The quantitative estimate of drug-likeness (QED) is 0.585. The van der Waals surface area contributed by atoms with Gasteiger partial charge in [0, 0.05) is 18.4 Å². The smallest absolute Gasteiger partial charge is 0.404 e. The van der Waals surface area contributed by atoms with Gasteiger partial charge in [0.2, 0.25) is 0 Å². The second kappa shape index (κ2) is 4.58. The minimum atomic E-state index is -0.557. The highest BCUT2D eigenvalue weighted by molar-refractivity contribution is 5.17. The molecule has 0 saturated heterocycles. The van der Waals surface area contributed by atoms with Crippen molar-refractivity contribution in [2.75, 3.05) is 0 Å².